The van der Waals surface area contributed by atoms with Crippen molar-refractivity contribution in [1.29, 1.82) is 0 Å². The second kappa shape index (κ2) is 9.51. The Morgan fingerprint density at radius 2 is 1.91 bits per heavy atom. The molecule has 1 aliphatic heterocycles. The molecule has 1 heterocycles. The average Bonchev–Trinajstić information content (AvgIpc) is 2.97. The summed E-state index contributed by atoms with van der Waals surface area (Å²) in [5.41, 5.74) is 2.40. The van der Waals surface area contributed by atoms with E-state index < -0.39 is 0 Å². The monoisotopic (exact) mass is 337 g/mol. The summed E-state index contributed by atoms with van der Waals surface area (Å²) in [7, 11) is 0. The maximum absolute atomic E-state index is 5.60. The predicted octanol–water partition coefficient (Wildman–Crippen LogP) is 5.73. The van der Waals surface area contributed by atoms with Gasteiger partial charge in [0.25, 0.3) is 0 Å². The lowest BCUT2D eigenvalue weighted by atomic mass is 10.1. The highest BCUT2D eigenvalue weighted by molar-refractivity contribution is 8.21. The van der Waals surface area contributed by atoms with E-state index in [0.29, 0.717) is 10.7 Å². The van der Waals surface area contributed by atoms with E-state index >= 15 is 0 Å². The highest BCUT2D eigenvalue weighted by Crippen LogP contribution is 2.46. The Labute approximate surface area is 143 Å². The Bertz CT molecular complexity index is 455. The van der Waals surface area contributed by atoms with E-state index in [1.165, 1.54) is 42.0 Å². The summed E-state index contributed by atoms with van der Waals surface area (Å²) in [5.74, 6) is 2.57. The maximum Gasteiger partial charge on any atom is 0.142 e. The number of thioether (sulfide) groups is 2. The van der Waals surface area contributed by atoms with Gasteiger partial charge in [-0.3, -0.25) is 0 Å². The van der Waals surface area contributed by atoms with Crippen LogP contribution in [-0.4, -0.2) is 21.3 Å². The number of rotatable bonds is 9. The molecular formula is C18H27NOS2. The molecule has 0 unspecified atom stereocenters. The molecule has 0 aromatic heterocycles. The molecule has 0 radical (unpaired) electrons. The van der Waals surface area contributed by atoms with Crippen LogP contribution in [0.2, 0.25) is 0 Å². The standard InChI is InChI=1S/C18H27NOS2/c1-3-4-10-17(11-12-18(2)21-13-14-22-18)19-20-15-16-8-6-5-7-9-16/h5-9H,3-4,10-15H2,1-2H3/b19-17+. The summed E-state index contributed by atoms with van der Waals surface area (Å²) in [6.07, 6.45) is 5.73. The van der Waals surface area contributed by atoms with Gasteiger partial charge < -0.3 is 4.84 Å². The fraction of sp³-hybridized carbons (Fsp3) is 0.611. The molecule has 1 saturated heterocycles. The van der Waals surface area contributed by atoms with Gasteiger partial charge in [-0.15, -0.1) is 23.5 Å². The molecule has 2 nitrogen and oxygen atoms in total. The molecule has 0 N–H and O–H groups in total. The number of unbranched alkanes of at least 4 members (excludes halogenated alkanes) is 1. The first-order valence-corrected chi connectivity index (χ1v) is 10.2. The van der Waals surface area contributed by atoms with Crippen molar-refractivity contribution in [1.82, 2.24) is 0 Å². The van der Waals surface area contributed by atoms with Gasteiger partial charge in [0.2, 0.25) is 0 Å². The first kappa shape index (κ1) is 17.7. The summed E-state index contributed by atoms with van der Waals surface area (Å²) in [5, 5.41) is 4.45. The molecule has 0 amide bonds. The molecule has 122 valence electrons. The van der Waals surface area contributed by atoms with Crippen LogP contribution in [0, 0.1) is 0 Å². The quantitative estimate of drug-likeness (QED) is 0.424. The van der Waals surface area contributed by atoms with Gasteiger partial charge in [0, 0.05) is 11.5 Å². The summed E-state index contributed by atoms with van der Waals surface area (Å²) < 4.78 is 0.381. The minimum Gasteiger partial charge on any atom is -0.391 e. The lowest BCUT2D eigenvalue weighted by Gasteiger charge is -2.21. The molecule has 1 fully saturated rings. The fourth-order valence-electron chi connectivity index (χ4n) is 2.44. The third-order valence-electron chi connectivity index (χ3n) is 3.85. The molecule has 0 aliphatic carbocycles. The number of hydrogen-bond donors (Lipinski definition) is 0. The molecule has 22 heavy (non-hydrogen) atoms. The van der Waals surface area contributed by atoms with Crippen molar-refractivity contribution < 1.29 is 4.84 Å². The summed E-state index contributed by atoms with van der Waals surface area (Å²) >= 11 is 4.20. The van der Waals surface area contributed by atoms with Crippen LogP contribution < -0.4 is 0 Å². The van der Waals surface area contributed by atoms with Gasteiger partial charge in [-0.1, -0.05) is 48.8 Å². The Morgan fingerprint density at radius 1 is 1.18 bits per heavy atom. The van der Waals surface area contributed by atoms with E-state index in [1.807, 2.05) is 18.2 Å². The van der Waals surface area contributed by atoms with Crippen molar-refractivity contribution in [2.75, 3.05) is 11.5 Å². The number of benzene rings is 1. The Balaban J connectivity index is 1.83. The van der Waals surface area contributed by atoms with E-state index in [4.69, 9.17) is 4.84 Å². The van der Waals surface area contributed by atoms with Crippen molar-refractivity contribution in [2.45, 2.75) is 56.6 Å². The largest absolute Gasteiger partial charge is 0.391 e. The average molecular weight is 338 g/mol. The molecule has 1 aliphatic rings. The summed E-state index contributed by atoms with van der Waals surface area (Å²) in [6, 6.07) is 10.3. The van der Waals surface area contributed by atoms with Crippen molar-refractivity contribution in [2.24, 2.45) is 5.16 Å². The van der Waals surface area contributed by atoms with E-state index in [2.05, 4.69) is 54.7 Å². The lowest BCUT2D eigenvalue weighted by molar-refractivity contribution is 0.129. The van der Waals surface area contributed by atoms with Crippen LogP contribution in [0.5, 0.6) is 0 Å². The third kappa shape index (κ3) is 6.25. The van der Waals surface area contributed by atoms with E-state index in [1.54, 1.807) is 0 Å². The van der Waals surface area contributed by atoms with E-state index in [-0.39, 0.29) is 0 Å². The van der Waals surface area contributed by atoms with Crippen molar-refractivity contribution in [3.63, 3.8) is 0 Å². The molecule has 1 aromatic carbocycles. The lowest BCUT2D eigenvalue weighted by Crippen LogP contribution is -2.14. The van der Waals surface area contributed by atoms with E-state index in [0.717, 1.165) is 12.8 Å². The minimum absolute atomic E-state index is 0.381. The number of hydrogen-bond acceptors (Lipinski definition) is 4. The summed E-state index contributed by atoms with van der Waals surface area (Å²) in [6.45, 7) is 5.17. The summed E-state index contributed by atoms with van der Waals surface area (Å²) in [4.78, 5) is 5.60. The van der Waals surface area contributed by atoms with Crippen molar-refractivity contribution in [3.05, 3.63) is 35.9 Å². The second-order valence-electron chi connectivity index (χ2n) is 5.85. The van der Waals surface area contributed by atoms with Crippen LogP contribution in [0.25, 0.3) is 0 Å². The zero-order valence-electron chi connectivity index (χ0n) is 13.7. The topological polar surface area (TPSA) is 21.6 Å². The van der Waals surface area contributed by atoms with Crippen molar-refractivity contribution in [3.8, 4) is 0 Å². The van der Waals surface area contributed by atoms with Crippen LogP contribution >= 0.6 is 23.5 Å². The zero-order valence-corrected chi connectivity index (χ0v) is 15.3. The SMILES string of the molecule is CCCC/C(CCC1(C)SCCS1)=N\OCc1ccccc1. The van der Waals surface area contributed by atoms with Crippen LogP contribution in [0.15, 0.2) is 35.5 Å². The molecular weight excluding hydrogens is 310 g/mol. The highest BCUT2D eigenvalue weighted by atomic mass is 32.2. The van der Waals surface area contributed by atoms with Crippen LogP contribution in [0.3, 0.4) is 0 Å². The molecule has 1 aromatic rings. The fourth-order valence-corrected chi connectivity index (χ4v) is 5.30. The molecule has 0 spiro atoms. The van der Waals surface area contributed by atoms with Crippen LogP contribution in [0.1, 0.15) is 51.5 Å². The molecule has 2 rings (SSSR count). The van der Waals surface area contributed by atoms with Gasteiger partial charge in [0.05, 0.1) is 9.79 Å². The Kier molecular flexibility index (Phi) is 7.67. The predicted molar refractivity (Wildman–Crippen MR) is 101 cm³/mol. The van der Waals surface area contributed by atoms with Crippen molar-refractivity contribution >= 4 is 29.2 Å². The second-order valence-corrected chi connectivity index (χ2v) is 9.31. The van der Waals surface area contributed by atoms with E-state index in [9.17, 15) is 0 Å². The first-order chi connectivity index (χ1) is 10.7. The van der Waals surface area contributed by atoms with Gasteiger partial charge in [-0.25, -0.2) is 0 Å². The van der Waals surface area contributed by atoms with Gasteiger partial charge in [0.1, 0.15) is 6.61 Å². The smallest absolute Gasteiger partial charge is 0.142 e. The molecule has 0 bridgehead atoms. The number of oxime groups is 1. The maximum atomic E-state index is 5.60. The molecule has 0 saturated carbocycles. The highest BCUT2D eigenvalue weighted by Gasteiger charge is 2.30. The molecule has 4 heteroatoms. The van der Waals surface area contributed by atoms with Crippen LogP contribution in [-0.2, 0) is 11.4 Å². The minimum atomic E-state index is 0.381. The Hall–Kier alpha value is -0.610. The first-order valence-electron chi connectivity index (χ1n) is 8.21. The number of nitrogens with zero attached hydrogens (tertiary/aromatic N) is 1. The third-order valence-corrected chi connectivity index (χ3v) is 7.26. The molecule has 0 atom stereocenters. The van der Waals surface area contributed by atoms with Crippen LogP contribution in [0.4, 0.5) is 0 Å². The Morgan fingerprint density at radius 3 is 2.59 bits per heavy atom. The van der Waals surface area contributed by atoms with Gasteiger partial charge in [-0.05, 0) is 38.2 Å². The zero-order chi connectivity index (χ0) is 15.7. The van der Waals surface area contributed by atoms with Gasteiger partial charge in [-0.2, -0.15) is 0 Å². The van der Waals surface area contributed by atoms with Gasteiger partial charge in [0.15, 0.2) is 0 Å². The normalized spacial score (nSPS) is 17.6. The van der Waals surface area contributed by atoms with Gasteiger partial charge >= 0.3 is 0 Å².